The molecular formula is C22H22FN3O3S2. The lowest BCUT2D eigenvalue weighted by molar-refractivity contribution is 0.101. The van der Waals surface area contributed by atoms with Gasteiger partial charge in [-0.2, -0.15) is 0 Å². The number of benzene rings is 2. The molecule has 2 aromatic carbocycles. The number of carbonyl (C=O) groups excluding carboxylic acids is 1. The molecule has 3 aromatic rings. The zero-order valence-corrected chi connectivity index (χ0v) is 18.5. The van der Waals surface area contributed by atoms with Gasteiger partial charge in [0.2, 0.25) is 10.0 Å². The molecule has 0 spiro atoms. The summed E-state index contributed by atoms with van der Waals surface area (Å²) in [5.74, 6) is -0.382. The molecule has 1 aromatic heterocycles. The third kappa shape index (κ3) is 5.00. The number of anilines is 1. The second-order valence-corrected chi connectivity index (χ2v) is 10.0. The zero-order valence-electron chi connectivity index (χ0n) is 16.9. The number of sulfonamides is 1. The van der Waals surface area contributed by atoms with Crippen molar-refractivity contribution in [3.63, 3.8) is 0 Å². The molecule has 2 heterocycles. The fourth-order valence-corrected chi connectivity index (χ4v) is 5.70. The van der Waals surface area contributed by atoms with E-state index in [1.807, 2.05) is 5.38 Å². The van der Waals surface area contributed by atoms with E-state index in [-0.39, 0.29) is 22.5 Å². The van der Waals surface area contributed by atoms with Gasteiger partial charge in [0, 0.05) is 35.6 Å². The molecule has 0 saturated carbocycles. The lowest BCUT2D eigenvalue weighted by Gasteiger charge is -2.32. The van der Waals surface area contributed by atoms with E-state index >= 15 is 0 Å². The van der Waals surface area contributed by atoms with Crippen LogP contribution < -0.4 is 9.62 Å². The monoisotopic (exact) mass is 459 g/mol. The maximum atomic E-state index is 13.1. The smallest absolute Gasteiger partial charge is 0.240 e. The second kappa shape index (κ2) is 8.86. The topological polar surface area (TPSA) is 79.4 Å². The van der Waals surface area contributed by atoms with Crippen molar-refractivity contribution in [2.45, 2.75) is 30.7 Å². The van der Waals surface area contributed by atoms with Gasteiger partial charge in [-0.15, -0.1) is 11.3 Å². The molecule has 4 rings (SSSR count). The van der Waals surface area contributed by atoms with Crippen LogP contribution in [0.5, 0.6) is 0 Å². The molecule has 9 heteroatoms. The van der Waals surface area contributed by atoms with Crippen LogP contribution in [0.1, 0.15) is 30.1 Å². The van der Waals surface area contributed by atoms with Crippen LogP contribution in [0.15, 0.2) is 58.8 Å². The van der Waals surface area contributed by atoms with Crippen molar-refractivity contribution < 1.29 is 17.6 Å². The molecule has 31 heavy (non-hydrogen) atoms. The number of hydrogen-bond acceptors (Lipinski definition) is 6. The van der Waals surface area contributed by atoms with Gasteiger partial charge in [0.15, 0.2) is 10.9 Å². The maximum Gasteiger partial charge on any atom is 0.240 e. The van der Waals surface area contributed by atoms with E-state index in [0.717, 1.165) is 16.4 Å². The molecular weight excluding hydrogens is 437 g/mol. The van der Waals surface area contributed by atoms with Crippen molar-refractivity contribution in [1.82, 2.24) is 9.71 Å². The number of halogens is 1. The minimum absolute atomic E-state index is 0.103. The van der Waals surface area contributed by atoms with Crippen LogP contribution in [0.2, 0.25) is 0 Å². The van der Waals surface area contributed by atoms with Crippen molar-refractivity contribution in [1.29, 1.82) is 0 Å². The highest BCUT2D eigenvalue weighted by molar-refractivity contribution is 7.89. The Morgan fingerprint density at radius 3 is 2.35 bits per heavy atom. The highest BCUT2D eigenvalue weighted by Gasteiger charge is 2.26. The van der Waals surface area contributed by atoms with Gasteiger partial charge in [0.05, 0.1) is 10.6 Å². The number of nitrogens with one attached hydrogen (secondary N) is 1. The Hall–Kier alpha value is -2.62. The Morgan fingerprint density at radius 1 is 1.10 bits per heavy atom. The van der Waals surface area contributed by atoms with E-state index in [2.05, 4.69) is 14.6 Å². The molecule has 1 saturated heterocycles. The third-order valence-corrected chi connectivity index (χ3v) is 7.73. The highest BCUT2D eigenvalue weighted by Crippen LogP contribution is 2.29. The minimum Gasteiger partial charge on any atom is -0.348 e. The SMILES string of the molecule is CC(=O)c1ccc(S(=O)(=O)NC2CCN(c3nc(-c4ccc(F)cc4)cs3)CC2)cc1. The van der Waals surface area contributed by atoms with Crippen molar-refractivity contribution >= 4 is 32.3 Å². The predicted molar refractivity (Wildman–Crippen MR) is 120 cm³/mol. The van der Waals surface area contributed by atoms with Crippen molar-refractivity contribution in [3.8, 4) is 11.3 Å². The van der Waals surface area contributed by atoms with E-state index in [4.69, 9.17) is 0 Å². The summed E-state index contributed by atoms with van der Waals surface area (Å²) >= 11 is 1.52. The summed E-state index contributed by atoms with van der Waals surface area (Å²) in [5.41, 5.74) is 2.15. The van der Waals surface area contributed by atoms with Crippen LogP contribution in [0.4, 0.5) is 9.52 Å². The number of nitrogens with zero attached hydrogens (tertiary/aromatic N) is 2. The van der Waals surface area contributed by atoms with E-state index < -0.39 is 10.0 Å². The van der Waals surface area contributed by atoms with Crippen molar-refractivity contribution in [2.24, 2.45) is 0 Å². The fourth-order valence-electron chi connectivity index (χ4n) is 3.51. The Balaban J connectivity index is 1.36. The summed E-state index contributed by atoms with van der Waals surface area (Å²) in [5, 5.41) is 2.82. The summed E-state index contributed by atoms with van der Waals surface area (Å²) in [4.78, 5) is 18.3. The van der Waals surface area contributed by atoms with E-state index in [1.165, 1.54) is 54.7 Å². The van der Waals surface area contributed by atoms with Gasteiger partial charge < -0.3 is 4.90 Å². The van der Waals surface area contributed by atoms with Crippen LogP contribution >= 0.6 is 11.3 Å². The minimum atomic E-state index is -3.64. The molecule has 0 amide bonds. The van der Waals surface area contributed by atoms with Gasteiger partial charge >= 0.3 is 0 Å². The molecule has 1 N–H and O–H groups in total. The summed E-state index contributed by atoms with van der Waals surface area (Å²) in [6.07, 6.45) is 1.33. The largest absolute Gasteiger partial charge is 0.348 e. The van der Waals surface area contributed by atoms with E-state index in [1.54, 1.807) is 12.1 Å². The maximum absolute atomic E-state index is 13.1. The predicted octanol–water partition coefficient (Wildman–Crippen LogP) is 4.10. The Kier molecular flexibility index (Phi) is 6.17. The molecule has 1 aliphatic rings. The molecule has 0 bridgehead atoms. The molecule has 1 fully saturated rings. The average Bonchev–Trinajstić information content (AvgIpc) is 3.25. The number of piperidine rings is 1. The zero-order chi connectivity index (χ0) is 22.0. The van der Waals surface area contributed by atoms with E-state index in [9.17, 15) is 17.6 Å². The number of thiazole rings is 1. The molecule has 0 unspecified atom stereocenters. The van der Waals surface area contributed by atoms with Crippen LogP contribution in [0.3, 0.4) is 0 Å². The molecule has 162 valence electrons. The van der Waals surface area contributed by atoms with Gasteiger partial charge in [-0.25, -0.2) is 22.5 Å². The molecule has 0 aliphatic carbocycles. The summed E-state index contributed by atoms with van der Waals surface area (Å²) < 4.78 is 41.2. The molecule has 6 nitrogen and oxygen atoms in total. The van der Waals surface area contributed by atoms with E-state index in [0.29, 0.717) is 31.5 Å². The number of Topliss-reactive ketones (excluding diaryl/α,β-unsaturated/α-hetero) is 1. The first-order valence-electron chi connectivity index (χ1n) is 9.91. The number of aromatic nitrogens is 1. The van der Waals surface area contributed by atoms with Crippen LogP contribution in [-0.2, 0) is 10.0 Å². The summed E-state index contributed by atoms with van der Waals surface area (Å²) in [7, 11) is -3.64. The summed E-state index contributed by atoms with van der Waals surface area (Å²) in [6.45, 7) is 2.82. The Labute approximate surface area is 184 Å². The first-order valence-corrected chi connectivity index (χ1v) is 12.3. The standard InChI is InChI=1S/C22H22FN3O3S2/c1-15(27)16-4-8-20(9-5-16)31(28,29)25-19-10-12-26(13-11-19)22-24-21(14-30-22)17-2-6-18(23)7-3-17/h2-9,14,19,25H,10-13H2,1H3. The van der Waals surface area contributed by atoms with Crippen LogP contribution in [0, 0.1) is 5.82 Å². The quantitative estimate of drug-likeness (QED) is 0.562. The van der Waals surface area contributed by atoms with Gasteiger partial charge in [0.25, 0.3) is 0 Å². The second-order valence-electron chi connectivity index (χ2n) is 7.49. The molecule has 0 radical (unpaired) electrons. The highest BCUT2D eigenvalue weighted by atomic mass is 32.2. The average molecular weight is 460 g/mol. The lowest BCUT2D eigenvalue weighted by Crippen LogP contribution is -2.44. The lowest BCUT2D eigenvalue weighted by atomic mass is 10.1. The summed E-state index contributed by atoms with van der Waals surface area (Å²) in [6, 6.07) is 12.1. The number of ketones is 1. The Bertz CT molecular complexity index is 1170. The van der Waals surface area contributed by atoms with Crippen molar-refractivity contribution in [2.75, 3.05) is 18.0 Å². The fraction of sp³-hybridized carbons (Fsp3) is 0.273. The number of hydrogen-bond donors (Lipinski definition) is 1. The third-order valence-electron chi connectivity index (χ3n) is 5.29. The molecule has 1 aliphatic heterocycles. The first-order chi connectivity index (χ1) is 14.8. The van der Waals surface area contributed by atoms with Gasteiger partial charge in [-0.1, -0.05) is 12.1 Å². The van der Waals surface area contributed by atoms with Gasteiger partial charge in [0.1, 0.15) is 5.82 Å². The van der Waals surface area contributed by atoms with Crippen LogP contribution in [0.25, 0.3) is 11.3 Å². The Morgan fingerprint density at radius 2 is 1.74 bits per heavy atom. The van der Waals surface area contributed by atoms with Gasteiger partial charge in [-0.05, 0) is 56.2 Å². The first kappa shape index (κ1) is 21.6. The van der Waals surface area contributed by atoms with Gasteiger partial charge in [-0.3, -0.25) is 4.79 Å². The number of rotatable bonds is 6. The molecule has 0 atom stereocenters. The van der Waals surface area contributed by atoms with Crippen LogP contribution in [-0.4, -0.2) is 38.3 Å². The normalized spacial score (nSPS) is 15.2. The number of carbonyl (C=O) groups is 1. The van der Waals surface area contributed by atoms with Crippen molar-refractivity contribution in [3.05, 3.63) is 65.3 Å².